The average Bonchev–Trinajstić information content (AvgIpc) is 3.39. The summed E-state index contributed by atoms with van der Waals surface area (Å²) in [5.41, 5.74) is 2.36. The van der Waals surface area contributed by atoms with Crippen LogP contribution in [-0.2, 0) is 11.3 Å². The third-order valence-electron chi connectivity index (χ3n) is 5.30. The lowest BCUT2D eigenvalue weighted by atomic mass is 9.97. The molecule has 1 N–H and O–H groups in total. The van der Waals surface area contributed by atoms with Gasteiger partial charge < -0.3 is 9.73 Å². The Kier molecular flexibility index (Phi) is 5.02. The number of carbonyl (C=O) groups is 1. The first kappa shape index (κ1) is 17.2. The molecule has 2 heterocycles. The smallest absolute Gasteiger partial charge is 0.234 e. The predicted molar refractivity (Wildman–Crippen MR) is 97.7 cm³/mol. The molecule has 0 bridgehead atoms. The molecule has 6 heteroatoms. The first-order valence-electron chi connectivity index (χ1n) is 9.55. The van der Waals surface area contributed by atoms with Gasteiger partial charge in [-0.05, 0) is 51.3 Å². The molecule has 1 aliphatic heterocycles. The summed E-state index contributed by atoms with van der Waals surface area (Å²) in [6.45, 7) is 4.89. The molecule has 0 spiro atoms. The first-order valence-corrected chi connectivity index (χ1v) is 9.55. The molecule has 1 saturated heterocycles. The molecule has 1 aromatic heterocycles. The zero-order chi connectivity index (χ0) is 17.9. The Bertz CT molecular complexity index is 743. The van der Waals surface area contributed by atoms with Crippen LogP contribution in [0, 0.1) is 6.92 Å². The number of nitrogens with one attached hydrogen (secondary N) is 1. The molecule has 0 atom stereocenters. The van der Waals surface area contributed by atoms with Crippen LogP contribution in [0.2, 0.25) is 0 Å². The van der Waals surface area contributed by atoms with Crippen molar-refractivity contribution in [3.8, 4) is 0 Å². The molecule has 6 nitrogen and oxygen atoms in total. The van der Waals surface area contributed by atoms with E-state index in [-0.39, 0.29) is 5.91 Å². The minimum absolute atomic E-state index is 0.0813. The van der Waals surface area contributed by atoms with Crippen LogP contribution in [0.1, 0.15) is 60.4 Å². The van der Waals surface area contributed by atoms with E-state index in [1.807, 2.05) is 0 Å². The lowest BCUT2D eigenvalue weighted by molar-refractivity contribution is -0.122. The second-order valence-electron chi connectivity index (χ2n) is 7.57. The molecule has 26 heavy (non-hydrogen) atoms. The minimum atomic E-state index is 0.0813. The highest BCUT2D eigenvalue weighted by atomic mass is 16.4. The van der Waals surface area contributed by atoms with Crippen LogP contribution in [0.5, 0.6) is 0 Å². The highest BCUT2D eigenvalue weighted by Gasteiger charge is 2.31. The lowest BCUT2D eigenvalue weighted by Crippen LogP contribution is -2.41. The fourth-order valence-corrected chi connectivity index (χ4v) is 3.41. The number of carbonyl (C=O) groups excluding carboxylic acids is 1. The van der Waals surface area contributed by atoms with E-state index < -0.39 is 0 Å². The van der Waals surface area contributed by atoms with Crippen LogP contribution in [-0.4, -0.2) is 40.6 Å². The van der Waals surface area contributed by atoms with E-state index in [1.54, 1.807) is 0 Å². The number of rotatable bonds is 6. The van der Waals surface area contributed by atoms with Crippen molar-refractivity contribution in [2.45, 2.75) is 51.0 Å². The van der Waals surface area contributed by atoms with Crippen LogP contribution in [0.4, 0.5) is 0 Å². The Hall–Kier alpha value is -2.21. The summed E-state index contributed by atoms with van der Waals surface area (Å²) in [6.07, 6.45) is 4.30. The summed E-state index contributed by atoms with van der Waals surface area (Å²) in [4.78, 5) is 14.4. The van der Waals surface area contributed by atoms with E-state index in [0.29, 0.717) is 24.9 Å². The molecule has 1 saturated carbocycles. The van der Waals surface area contributed by atoms with E-state index in [0.717, 1.165) is 43.3 Å². The highest BCUT2D eigenvalue weighted by Crippen LogP contribution is 2.40. The molecular weight excluding hydrogens is 328 g/mol. The van der Waals surface area contributed by atoms with Crippen LogP contribution >= 0.6 is 0 Å². The largest absolute Gasteiger partial charge is 0.425 e. The molecule has 2 aromatic rings. The van der Waals surface area contributed by atoms with Gasteiger partial charge in [0.1, 0.15) is 0 Å². The van der Waals surface area contributed by atoms with Crippen molar-refractivity contribution in [3.05, 3.63) is 47.2 Å². The van der Waals surface area contributed by atoms with Crippen LogP contribution in [0.15, 0.2) is 28.7 Å². The standard InChI is InChI=1S/C20H26N4O2/c1-14-2-4-15(5-3-14)12-21-18(25)13-24-10-8-17(9-11-24)20-23-22-19(26-20)16-6-7-16/h2-5,16-17H,6-13H2,1H3,(H,21,25). The number of hydrogen-bond donors (Lipinski definition) is 1. The number of likely N-dealkylation sites (tertiary alicyclic amines) is 1. The van der Waals surface area contributed by atoms with Gasteiger partial charge in [-0.2, -0.15) is 0 Å². The second-order valence-corrected chi connectivity index (χ2v) is 7.57. The monoisotopic (exact) mass is 354 g/mol. The zero-order valence-electron chi connectivity index (χ0n) is 15.3. The maximum absolute atomic E-state index is 12.2. The van der Waals surface area contributed by atoms with Gasteiger partial charge in [-0.3, -0.25) is 9.69 Å². The SMILES string of the molecule is Cc1ccc(CNC(=O)CN2CCC(c3nnc(C4CC4)o3)CC2)cc1. The van der Waals surface area contributed by atoms with E-state index in [9.17, 15) is 4.79 Å². The van der Waals surface area contributed by atoms with Crippen molar-refractivity contribution in [1.29, 1.82) is 0 Å². The number of benzene rings is 1. The number of nitrogens with zero attached hydrogens (tertiary/aromatic N) is 3. The highest BCUT2D eigenvalue weighted by molar-refractivity contribution is 5.78. The van der Waals surface area contributed by atoms with E-state index in [1.165, 1.54) is 18.4 Å². The molecule has 0 unspecified atom stereocenters. The Morgan fingerprint density at radius 3 is 2.31 bits per heavy atom. The Morgan fingerprint density at radius 2 is 1.69 bits per heavy atom. The summed E-state index contributed by atoms with van der Waals surface area (Å²) in [5, 5.41) is 11.4. The van der Waals surface area contributed by atoms with Crippen molar-refractivity contribution in [3.63, 3.8) is 0 Å². The molecular formula is C20H26N4O2. The molecule has 138 valence electrons. The summed E-state index contributed by atoms with van der Waals surface area (Å²) in [7, 11) is 0. The van der Waals surface area contributed by atoms with Gasteiger partial charge in [0, 0.05) is 18.4 Å². The minimum Gasteiger partial charge on any atom is -0.425 e. The Morgan fingerprint density at radius 1 is 1.08 bits per heavy atom. The number of amides is 1. The molecule has 2 aliphatic rings. The quantitative estimate of drug-likeness (QED) is 0.864. The summed E-state index contributed by atoms with van der Waals surface area (Å²) >= 11 is 0. The van der Waals surface area contributed by atoms with Crippen molar-refractivity contribution in [2.75, 3.05) is 19.6 Å². The molecule has 4 rings (SSSR count). The van der Waals surface area contributed by atoms with Gasteiger partial charge in [0.25, 0.3) is 0 Å². The van der Waals surface area contributed by atoms with Gasteiger partial charge in [0.15, 0.2) is 0 Å². The molecule has 1 amide bonds. The first-order chi connectivity index (χ1) is 12.7. The number of aromatic nitrogens is 2. The van der Waals surface area contributed by atoms with Crippen LogP contribution in [0.25, 0.3) is 0 Å². The molecule has 2 fully saturated rings. The van der Waals surface area contributed by atoms with E-state index in [2.05, 4.69) is 51.6 Å². The van der Waals surface area contributed by atoms with Crippen molar-refractivity contribution < 1.29 is 9.21 Å². The molecule has 0 radical (unpaired) electrons. The number of piperidine rings is 1. The predicted octanol–water partition coefficient (Wildman–Crippen LogP) is 2.75. The molecule has 1 aliphatic carbocycles. The van der Waals surface area contributed by atoms with Gasteiger partial charge in [-0.15, -0.1) is 10.2 Å². The van der Waals surface area contributed by atoms with E-state index in [4.69, 9.17) is 4.42 Å². The van der Waals surface area contributed by atoms with Gasteiger partial charge in [0.2, 0.25) is 17.7 Å². The fourth-order valence-electron chi connectivity index (χ4n) is 3.41. The molecule has 1 aromatic carbocycles. The average molecular weight is 354 g/mol. The fraction of sp³-hybridized carbons (Fsp3) is 0.550. The van der Waals surface area contributed by atoms with Crippen molar-refractivity contribution in [1.82, 2.24) is 20.4 Å². The topological polar surface area (TPSA) is 71.3 Å². The van der Waals surface area contributed by atoms with Gasteiger partial charge in [-0.1, -0.05) is 29.8 Å². The Balaban J connectivity index is 1.20. The van der Waals surface area contributed by atoms with Gasteiger partial charge in [-0.25, -0.2) is 0 Å². The maximum Gasteiger partial charge on any atom is 0.234 e. The van der Waals surface area contributed by atoms with Gasteiger partial charge >= 0.3 is 0 Å². The van der Waals surface area contributed by atoms with Crippen LogP contribution in [0.3, 0.4) is 0 Å². The Labute approximate surface area is 154 Å². The number of aryl methyl sites for hydroxylation is 1. The lowest BCUT2D eigenvalue weighted by Gasteiger charge is -2.29. The summed E-state index contributed by atoms with van der Waals surface area (Å²) in [6, 6.07) is 8.25. The third kappa shape index (κ3) is 4.30. The van der Waals surface area contributed by atoms with Crippen LogP contribution < -0.4 is 5.32 Å². The third-order valence-corrected chi connectivity index (χ3v) is 5.30. The normalized spacial score (nSPS) is 18.8. The second kappa shape index (κ2) is 7.58. The number of hydrogen-bond acceptors (Lipinski definition) is 5. The van der Waals surface area contributed by atoms with Gasteiger partial charge in [0.05, 0.1) is 6.54 Å². The van der Waals surface area contributed by atoms with Crippen molar-refractivity contribution in [2.24, 2.45) is 0 Å². The van der Waals surface area contributed by atoms with Crippen molar-refractivity contribution >= 4 is 5.91 Å². The summed E-state index contributed by atoms with van der Waals surface area (Å²) < 4.78 is 5.84. The summed E-state index contributed by atoms with van der Waals surface area (Å²) in [5.74, 6) is 2.53. The maximum atomic E-state index is 12.2. The zero-order valence-corrected chi connectivity index (χ0v) is 15.3. The van der Waals surface area contributed by atoms with E-state index >= 15 is 0 Å².